The largest absolute Gasteiger partial charge is 0.497 e. The number of carbonyl (C=O) groups is 1. The molecule has 0 aromatic heterocycles. The van der Waals surface area contributed by atoms with Crippen molar-refractivity contribution in [2.24, 2.45) is 0 Å². The molecule has 1 amide bonds. The van der Waals surface area contributed by atoms with Crippen LogP contribution in [0.5, 0.6) is 11.5 Å². The Morgan fingerprint density at radius 1 is 1.19 bits per heavy atom. The molecule has 0 spiro atoms. The fraction of sp³-hybridized carbons (Fsp3) is 0.611. The number of piperazine rings is 1. The highest BCUT2D eigenvalue weighted by molar-refractivity contribution is 5.85. The van der Waals surface area contributed by atoms with E-state index in [1.165, 1.54) is 0 Å². The van der Waals surface area contributed by atoms with Crippen molar-refractivity contribution in [2.75, 3.05) is 46.9 Å². The van der Waals surface area contributed by atoms with Gasteiger partial charge in [0.15, 0.2) is 0 Å². The summed E-state index contributed by atoms with van der Waals surface area (Å²) < 4.78 is 10.7. The molecule has 1 aromatic rings. The first-order chi connectivity index (χ1) is 12.1. The fourth-order valence-electron chi connectivity index (χ4n) is 3.50. The van der Waals surface area contributed by atoms with E-state index < -0.39 is 6.10 Å². The second-order valence-corrected chi connectivity index (χ2v) is 6.63. The quantitative estimate of drug-likeness (QED) is 0.735. The van der Waals surface area contributed by atoms with Gasteiger partial charge in [-0.1, -0.05) is 0 Å². The summed E-state index contributed by atoms with van der Waals surface area (Å²) in [6, 6.07) is 5.58. The number of β-amino-alcohol motifs (C(OH)–C–C–N with tert-alkyl or cyclic N) is 1. The van der Waals surface area contributed by atoms with E-state index in [4.69, 9.17) is 9.47 Å². The Morgan fingerprint density at radius 2 is 1.89 bits per heavy atom. The zero-order valence-electron chi connectivity index (χ0n) is 15.7. The van der Waals surface area contributed by atoms with Crippen LogP contribution in [0.1, 0.15) is 12.0 Å². The van der Waals surface area contributed by atoms with Crippen molar-refractivity contribution < 1.29 is 19.4 Å². The average Bonchev–Trinajstić information content (AvgIpc) is 3.08. The molecule has 2 unspecified atom stereocenters. The summed E-state index contributed by atoms with van der Waals surface area (Å²) in [5.74, 6) is 1.77. The number of halogens is 2. The van der Waals surface area contributed by atoms with Gasteiger partial charge in [0.1, 0.15) is 11.5 Å². The van der Waals surface area contributed by atoms with Crippen molar-refractivity contribution in [3.8, 4) is 11.5 Å². The predicted molar refractivity (Wildman–Crippen MR) is 108 cm³/mol. The van der Waals surface area contributed by atoms with Crippen molar-refractivity contribution in [1.82, 2.24) is 15.1 Å². The molecule has 154 valence electrons. The summed E-state index contributed by atoms with van der Waals surface area (Å²) >= 11 is 0. The zero-order chi connectivity index (χ0) is 17.8. The van der Waals surface area contributed by atoms with E-state index in [0.29, 0.717) is 26.1 Å². The maximum Gasteiger partial charge on any atom is 0.239 e. The summed E-state index contributed by atoms with van der Waals surface area (Å²) in [4.78, 5) is 16.7. The van der Waals surface area contributed by atoms with Gasteiger partial charge in [-0.25, -0.2) is 0 Å². The number of aliphatic hydroxyl groups excluding tert-OH is 1. The number of hydrogen-bond donors (Lipinski definition) is 2. The lowest BCUT2D eigenvalue weighted by Gasteiger charge is -2.36. The van der Waals surface area contributed by atoms with Crippen LogP contribution in [0.4, 0.5) is 0 Å². The normalized spacial score (nSPS) is 22.6. The molecule has 0 aliphatic carbocycles. The molecule has 2 saturated heterocycles. The van der Waals surface area contributed by atoms with Crippen LogP contribution in [0.15, 0.2) is 18.2 Å². The van der Waals surface area contributed by atoms with Gasteiger partial charge in [-0.05, 0) is 24.6 Å². The maximum atomic E-state index is 12.5. The lowest BCUT2D eigenvalue weighted by Crippen LogP contribution is -2.52. The third-order valence-corrected chi connectivity index (χ3v) is 4.97. The number of aliphatic hydroxyl groups is 1. The van der Waals surface area contributed by atoms with Gasteiger partial charge < -0.3 is 24.8 Å². The highest BCUT2D eigenvalue weighted by atomic mass is 35.5. The van der Waals surface area contributed by atoms with Crippen molar-refractivity contribution in [3.05, 3.63) is 23.8 Å². The van der Waals surface area contributed by atoms with Crippen LogP contribution in [0.25, 0.3) is 0 Å². The van der Waals surface area contributed by atoms with E-state index in [1.807, 2.05) is 23.1 Å². The standard InChI is InChI=1S/C18H27N3O4.2ClH/c1-24-15-3-4-17(25-2)13(9-15)12-20-5-7-21(8-6-20)18(23)16-10-14(22)11-19-16;;/h3-4,9,14,16,19,22H,5-8,10-12H2,1-2H3;2*1H. The second-order valence-electron chi connectivity index (χ2n) is 6.63. The topological polar surface area (TPSA) is 74.3 Å². The third kappa shape index (κ3) is 5.86. The van der Waals surface area contributed by atoms with Gasteiger partial charge in [0.2, 0.25) is 5.91 Å². The van der Waals surface area contributed by atoms with Crippen LogP contribution in [0, 0.1) is 0 Å². The number of ether oxygens (including phenoxy) is 2. The molecule has 0 saturated carbocycles. The van der Waals surface area contributed by atoms with Crippen molar-refractivity contribution in [3.63, 3.8) is 0 Å². The molecule has 2 atom stereocenters. The van der Waals surface area contributed by atoms with E-state index in [9.17, 15) is 9.90 Å². The van der Waals surface area contributed by atoms with Crippen LogP contribution in [0.2, 0.25) is 0 Å². The summed E-state index contributed by atoms with van der Waals surface area (Å²) in [6.07, 6.45) is 0.107. The van der Waals surface area contributed by atoms with E-state index in [0.717, 1.165) is 36.7 Å². The Bertz CT molecular complexity index is 612. The smallest absolute Gasteiger partial charge is 0.239 e. The third-order valence-electron chi connectivity index (χ3n) is 4.97. The molecular weight excluding hydrogens is 393 g/mol. The minimum atomic E-state index is -0.407. The number of carbonyl (C=O) groups excluding carboxylic acids is 1. The lowest BCUT2D eigenvalue weighted by molar-refractivity contribution is -0.135. The van der Waals surface area contributed by atoms with Gasteiger partial charge in [-0.2, -0.15) is 0 Å². The number of benzene rings is 1. The minimum absolute atomic E-state index is 0. The summed E-state index contributed by atoms with van der Waals surface area (Å²) in [5.41, 5.74) is 1.09. The molecule has 9 heteroatoms. The van der Waals surface area contributed by atoms with E-state index >= 15 is 0 Å². The van der Waals surface area contributed by atoms with Gasteiger partial charge >= 0.3 is 0 Å². The van der Waals surface area contributed by atoms with Gasteiger partial charge in [-0.3, -0.25) is 9.69 Å². The molecule has 0 radical (unpaired) electrons. The van der Waals surface area contributed by atoms with Crippen molar-refractivity contribution in [2.45, 2.75) is 25.1 Å². The SMILES string of the molecule is COc1ccc(OC)c(CN2CCN(C(=O)C3CC(O)CN3)CC2)c1.Cl.Cl. The van der Waals surface area contributed by atoms with Gasteiger partial charge in [0, 0.05) is 44.8 Å². The highest BCUT2D eigenvalue weighted by Gasteiger charge is 2.32. The monoisotopic (exact) mass is 421 g/mol. The van der Waals surface area contributed by atoms with E-state index in [2.05, 4.69) is 10.2 Å². The number of hydrogen-bond acceptors (Lipinski definition) is 6. The first kappa shape index (κ1) is 23.8. The minimum Gasteiger partial charge on any atom is -0.497 e. The first-order valence-electron chi connectivity index (χ1n) is 8.74. The molecular formula is C18H29Cl2N3O4. The van der Waals surface area contributed by atoms with Crippen molar-refractivity contribution in [1.29, 1.82) is 0 Å². The molecule has 2 heterocycles. The van der Waals surface area contributed by atoms with Gasteiger partial charge in [-0.15, -0.1) is 24.8 Å². The Balaban J connectivity index is 0.00000182. The highest BCUT2D eigenvalue weighted by Crippen LogP contribution is 2.25. The Morgan fingerprint density at radius 3 is 2.44 bits per heavy atom. The number of nitrogens with zero attached hydrogens (tertiary/aromatic N) is 2. The van der Waals surface area contributed by atoms with Crippen LogP contribution < -0.4 is 14.8 Å². The van der Waals surface area contributed by atoms with Gasteiger partial charge in [0.25, 0.3) is 0 Å². The molecule has 2 fully saturated rings. The molecule has 1 aromatic carbocycles. The average molecular weight is 422 g/mol. The summed E-state index contributed by atoms with van der Waals surface area (Å²) in [5, 5.41) is 12.7. The summed E-state index contributed by atoms with van der Waals surface area (Å²) in [6.45, 7) is 4.33. The Labute approximate surface area is 172 Å². The van der Waals surface area contributed by atoms with Crippen LogP contribution in [0.3, 0.4) is 0 Å². The maximum absolute atomic E-state index is 12.5. The number of amides is 1. The van der Waals surface area contributed by atoms with Crippen LogP contribution in [-0.4, -0.2) is 79.9 Å². The number of rotatable bonds is 5. The predicted octanol–water partition coefficient (Wildman–Crippen LogP) is 0.914. The molecule has 27 heavy (non-hydrogen) atoms. The van der Waals surface area contributed by atoms with Crippen LogP contribution >= 0.6 is 24.8 Å². The molecule has 0 bridgehead atoms. The summed E-state index contributed by atoms with van der Waals surface area (Å²) in [7, 11) is 3.33. The molecule has 2 aliphatic heterocycles. The van der Waals surface area contributed by atoms with Crippen molar-refractivity contribution >= 4 is 30.7 Å². The Hall–Kier alpha value is -1.25. The molecule has 2 N–H and O–H groups in total. The fourth-order valence-corrected chi connectivity index (χ4v) is 3.50. The first-order valence-corrected chi connectivity index (χ1v) is 8.74. The molecule has 2 aliphatic rings. The van der Waals surface area contributed by atoms with E-state index in [1.54, 1.807) is 14.2 Å². The second kappa shape index (κ2) is 10.9. The van der Waals surface area contributed by atoms with E-state index in [-0.39, 0.29) is 36.8 Å². The van der Waals surface area contributed by atoms with Crippen LogP contribution in [-0.2, 0) is 11.3 Å². The molecule has 3 rings (SSSR count). The Kier molecular flexibility index (Phi) is 9.62. The van der Waals surface area contributed by atoms with Gasteiger partial charge in [0.05, 0.1) is 26.4 Å². The zero-order valence-corrected chi connectivity index (χ0v) is 17.4. The molecule has 7 nitrogen and oxygen atoms in total. The number of methoxy groups -OCH3 is 2. The number of nitrogens with one attached hydrogen (secondary N) is 1. The lowest BCUT2D eigenvalue weighted by atomic mass is 10.1.